The summed E-state index contributed by atoms with van der Waals surface area (Å²) in [6, 6.07) is -0.429. The molecule has 0 spiro atoms. The Morgan fingerprint density at radius 3 is 2.59 bits per heavy atom. The number of carbonyl (C=O) groups is 2. The molecule has 2 rings (SSSR count). The van der Waals surface area contributed by atoms with E-state index in [0.717, 1.165) is 25.7 Å². The van der Waals surface area contributed by atoms with Crippen LogP contribution in [0.5, 0.6) is 0 Å². The maximum atomic E-state index is 12.3. The predicted molar refractivity (Wildman–Crippen MR) is 62.1 cm³/mol. The van der Waals surface area contributed by atoms with Crippen molar-refractivity contribution in [1.29, 1.82) is 0 Å². The molecule has 0 aromatic heterocycles. The third-order valence-corrected chi connectivity index (χ3v) is 3.90. The van der Waals surface area contributed by atoms with Crippen molar-refractivity contribution >= 4 is 11.9 Å². The highest BCUT2D eigenvalue weighted by atomic mass is 16.5. The van der Waals surface area contributed by atoms with Crippen LogP contribution in [0.4, 0.5) is 0 Å². The van der Waals surface area contributed by atoms with E-state index in [1.165, 1.54) is 7.11 Å². The molecule has 3 unspecified atom stereocenters. The normalized spacial score (nSPS) is 32.8. The molecule has 0 aromatic rings. The van der Waals surface area contributed by atoms with Crippen LogP contribution in [0.25, 0.3) is 0 Å². The summed E-state index contributed by atoms with van der Waals surface area (Å²) >= 11 is 0. The Bertz CT molecular complexity index is 319. The first-order valence-electron chi connectivity index (χ1n) is 6.29. The van der Waals surface area contributed by atoms with Crippen LogP contribution >= 0.6 is 0 Å². The summed E-state index contributed by atoms with van der Waals surface area (Å²) in [4.78, 5) is 25.6. The Balaban J connectivity index is 2.05. The molecule has 5 nitrogen and oxygen atoms in total. The Labute approximate surface area is 101 Å². The van der Waals surface area contributed by atoms with Crippen molar-refractivity contribution in [3.63, 3.8) is 0 Å². The van der Waals surface area contributed by atoms with E-state index in [4.69, 9.17) is 10.5 Å². The Morgan fingerprint density at radius 2 is 2.00 bits per heavy atom. The summed E-state index contributed by atoms with van der Waals surface area (Å²) in [6.07, 6.45) is 4.35. The fourth-order valence-corrected chi connectivity index (χ4v) is 2.92. The van der Waals surface area contributed by atoms with E-state index in [9.17, 15) is 9.59 Å². The zero-order chi connectivity index (χ0) is 12.4. The third-order valence-electron chi connectivity index (χ3n) is 3.90. The average molecular weight is 240 g/mol. The van der Waals surface area contributed by atoms with Crippen molar-refractivity contribution < 1.29 is 14.3 Å². The van der Waals surface area contributed by atoms with Crippen LogP contribution in [-0.2, 0) is 14.3 Å². The largest absolute Gasteiger partial charge is 0.467 e. The van der Waals surface area contributed by atoms with E-state index in [-0.39, 0.29) is 29.9 Å². The molecule has 1 heterocycles. The summed E-state index contributed by atoms with van der Waals surface area (Å²) in [6.45, 7) is 0.655. The SMILES string of the molecule is COC(=O)C1CCCN1C(=O)C1CCCC1N. The van der Waals surface area contributed by atoms with Crippen molar-refractivity contribution in [2.75, 3.05) is 13.7 Å². The molecule has 0 radical (unpaired) electrons. The second-order valence-electron chi connectivity index (χ2n) is 4.91. The van der Waals surface area contributed by atoms with Crippen molar-refractivity contribution in [2.45, 2.75) is 44.2 Å². The number of nitrogens with zero attached hydrogens (tertiary/aromatic N) is 1. The smallest absolute Gasteiger partial charge is 0.328 e. The van der Waals surface area contributed by atoms with Gasteiger partial charge in [-0.25, -0.2) is 4.79 Å². The number of ether oxygens (including phenoxy) is 1. The van der Waals surface area contributed by atoms with Gasteiger partial charge in [0.2, 0.25) is 5.91 Å². The van der Waals surface area contributed by atoms with E-state index in [1.54, 1.807) is 4.90 Å². The molecule has 2 N–H and O–H groups in total. The van der Waals surface area contributed by atoms with Gasteiger partial charge in [0, 0.05) is 12.6 Å². The average Bonchev–Trinajstić information content (AvgIpc) is 2.95. The van der Waals surface area contributed by atoms with Crippen molar-refractivity contribution in [2.24, 2.45) is 11.7 Å². The highest BCUT2D eigenvalue weighted by Gasteiger charge is 2.40. The van der Waals surface area contributed by atoms with Gasteiger partial charge in [-0.05, 0) is 25.7 Å². The van der Waals surface area contributed by atoms with Crippen LogP contribution in [0.2, 0.25) is 0 Å². The Hall–Kier alpha value is -1.10. The first kappa shape index (κ1) is 12.4. The van der Waals surface area contributed by atoms with Crippen LogP contribution < -0.4 is 5.73 Å². The fraction of sp³-hybridized carbons (Fsp3) is 0.833. The summed E-state index contributed by atoms with van der Waals surface area (Å²) in [5.74, 6) is -0.356. The van der Waals surface area contributed by atoms with Gasteiger partial charge in [0.05, 0.1) is 13.0 Å². The van der Waals surface area contributed by atoms with Gasteiger partial charge in [-0.15, -0.1) is 0 Å². The molecule has 1 saturated heterocycles. The lowest BCUT2D eigenvalue weighted by Crippen LogP contribution is -2.46. The Kier molecular flexibility index (Phi) is 3.66. The number of hydrogen-bond donors (Lipinski definition) is 1. The molecule has 17 heavy (non-hydrogen) atoms. The van der Waals surface area contributed by atoms with Crippen LogP contribution in [-0.4, -0.2) is 42.5 Å². The molecule has 1 aliphatic carbocycles. The molecule has 5 heteroatoms. The Morgan fingerprint density at radius 1 is 1.24 bits per heavy atom. The maximum absolute atomic E-state index is 12.3. The van der Waals surface area contributed by atoms with Gasteiger partial charge in [-0.3, -0.25) is 4.79 Å². The zero-order valence-corrected chi connectivity index (χ0v) is 10.2. The van der Waals surface area contributed by atoms with Crippen LogP contribution in [0.3, 0.4) is 0 Å². The highest BCUT2D eigenvalue weighted by molar-refractivity contribution is 5.87. The topological polar surface area (TPSA) is 72.6 Å². The lowest BCUT2D eigenvalue weighted by atomic mass is 10.0. The van der Waals surface area contributed by atoms with E-state index < -0.39 is 0 Å². The molecule has 1 saturated carbocycles. The molecular formula is C12H20N2O3. The molecule has 0 bridgehead atoms. The second kappa shape index (κ2) is 5.04. The predicted octanol–water partition coefficient (Wildman–Crippen LogP) is 0.278. The van der Waals surface area contributed by atoms with E-state index in [0.29, 0.717) is 13.0 Å². The summed E-state index contributed by atoms with van der Waals surface area (Å²) in [7, 11) is 1.37. The number of amides is 1. The molecule has 2 fully saturated rings. The van der Waals surface area contributed by atoms with E-state index in [1.807, 2.05) is 0 Å². The molecular weight excluding hydrogens is 220 g/mol. The highest BCUT2D eigenvalue weighted by Crippen LogP contribution is 2.29. The molecule has 2 aliphatic rings. The molecule has 0 aromatic carbocycles. The first-order valence-corrected chi connectivity index (χ1v) is 6.29. The van der Waals surface area contributed by atoms with Gasteiger partial charge in [0.15, 0.2) is 0 Å². The lowest BCUT2D eigenvalue weighted by Gasteiger charge is -2.27. The summed E-state index contributed by atoms with van der Waals surface area (Å²) in [5.41, 5.74) is 5.94. The van der Waals surface area contributed by atoms with Gasteiger partial charge in [0.1, 0.15) is 6.04 Å². The molecule has 1 amide bonds. The van der Waals surface area contributed by atoms with Gasteiger partial charge < -0.3 is 15.4 Å². The van der Waals surface area contributed by atoms with E-state index in [2.05, 4.69) is 0 Å². The molecule has 96 valence electrons. The molecule has 3 atom stereocenters. The number of carbonyl (C=O) groups excluding carboxylic acids is 2. The van der Waals surface area contributed by atoms with Crippen molar-refractivity contribution in [1.82, 2.24) is 4.90 Å². The van der Waals surface area contributed by atoms with Gasteiger partial charge in [-0.2, -0.15) is 0 Å². The number of methoxy groups -OCH3 is 1. The number of esters is 1. The minimum absolute atomic E-state index is 0.0404. The minimum atomic E-state index is -0.389. The third kappa shape index (κ3) is 2.29. The number of hydrogen-bond acceptors (Lipinski definition) is 4. The first-order chi connectivity index (χ1) is 8.15. The van der Waals surface area contributed by atoms with Crippen LogP contribution in [0, 0.1) is 5.92 Å². The fourth-order valence-electron chi connectivity index (χ4n) is 2.92. The van der Waals surface area contributed by atoms with Crippen molar-refractivity contribution in [3.8, 4) is 0 Å². The summed E-state index contributed by atoms with van der Waals surface area (Å²) < 4.78 is 4.74. The minimum Gasteiger partial charge on any atom is -0.467 e. The van der Waals surface area contributed by atoms with Gasteiger partial charge >= 0.3 is 5.97 Å². The van der Waals surface area contributed by atoms with Gasteiger partial charge in [0.25, 0.3) is 0 Å². The maximum Gasteiger partial charge on any atom is 0.328 e. The lowest BCUT2D eigenvalue weighted by molar-refractivity contribution is -0.152. The number of nitrogens with two attached hydrogens (primary N) is 1. The monoisotopic (exact) mass is 240 g/mol. The van der Waals surface area contributed by atoms with Crippen molar-refractivity contribution in [3.05, 3.63) is 0 Å². The summed E-state index contributed by atoms with van der Waals surface area (Å²) in [5, 5.41) is 0. The van der Waals surface area contributed by atoms with Crippen LogP contribution in [0.15, 0.2) is 0 Å². The van der Waals surface area contributed by atoms with Gasteiger partial charge in [-0.1, -0.05) is 6.42 Å². The van der Waals surface area contributed by atoms with Crippen LogP contribution in [0.1, 0.15) is 32.1 Å². The number of likely N-dealkylation sites (tertiary alicyclic amines) is 1. The second-order valence-corrected chi connectivity index (χ2v) is 4.91. The quantitative estimate of drug-likeness (QED) is 0.704. The van der Waals surface area contributed by atoms with E-state index >= 15 is 0 Å². The zero-order valence-electron chi connectivity index (χ0n) is 10.2. The number of rotatable bonds is 2. The molecule has 1 aliphatic heterocycles. The standard InChI is InChI=1S/C12H20N2O3/c1-17-12(16)10-6-3-7-14(10)11(15)8-4-2-5-9(8)13/h8-10H,2-7,13H2,1H3.